The van der Waals surface area contributed by atoms with Crippen LogP contribution < -0.4 is 5.56 Å². The highest BCUT2D eigenvalue weighted by atomic mass is 16.5. The molecule has 0 aliphatic rings. The van der Waals surface area contributed by atoms with Crippen LogP contribution in [-0.4, -0.2) is 14.9 Å². The molecule has 0 unspecified atom stereocenters. The lowest BCUT2D eigenvalue weighted by molar-refractivity contribution is 0.405. The zero-order valence-electron chi connectivity index (χ0n) is 11.7. The molecule has 2 heterocycles. The molecule has 1 aromatic carbocycles. The number of hydrogen-bond donors (Lipinski definition) is 0. The van der Waals surface area contributed by atoms with Crippen molar-refractivity contribution >= 4 is 10.9 Å². The Bertz CT molecular complexity index is 846. The first-order valence-electron chi connectivity index (χ1n) is 6.46. The third-order valence-electron chi connectivity index (χ3n) is 3.51. The molecule has 2 aromatic heterocycles. The van der Waals surface area contributed by atoms with Crippen molar-refractivity contribution in [2.24, 2.45) is 0 Å². The van der Waals surface area contributed by atoms with Gasteiger partial charge in [-0.05, 0) is 31.9 Å². The molecule has 3 rings (SSSR count). The van der Waals surface area contributed by atoms with Gasteiger partial charge in [0.1, 0.15) is 5.76 Å². The van der Waals surface area contributed by atoms with E-state index in [-0.39, 0.29) is 5.56 Å². The molecule has 0 aliphatic heterocycles. The van der Waals surface area contributed by atoms with Crippen molar-refractivity contribution < 1.29 is 4.52 Å². The summed E-state index contributed by atoms with van der Waals surface area (Å²) in [4.78, 5) is 12.4. The summed E-state index contributed by atoms with van der Waals surface area (Å²) in [7, 11) is 0. The van der Waals surface area contributed by atoms with E-state index >= 15 is 0 Å². The molecule has 0 saturated carbocycles. The number of rotatable bonds is 2. The van der Waals surface area contributed by atoms with Crippen LogP contribution in [0.2, 0.25) is 0 Å². The Hall–Kier alpha value is -2.43. The lowest BCUT2D eigenvalue weighted by Gasteiger charge is -2.08. The van der Waals surface area contributed by atoms with Gasteiger partial charge in [-0.1, -0.05) is 29.4 Å². The van der Waals surface area contributed by atoms with Gasteiger partial charge in [0.05, 0.1) is 17.6 Å². The summed E-state index contributed by atoms with van der Waals surface area (Å²) < 4.78 is 6.55. The van der Waals surface area contributed by atoms with Gasteiger partial charge in [0.2, 0.25) is 0 Å². The van der Waals surface area contributed by atoms with Crippen LogP contribution in [0.5, 0.6) is 0 Å². The zero-order valence-corrected chi connectivity index (χ0v) is 11.7. The number of nitrogens with zero attached hydrogens (tertiary/aromatic N) is 3. The van der Waals surface area contributed by atoms with Crippen molar-refractivity contribution in [2.45, 2.75) is 27.3 Å². The molecule has 0 amide bonds. The average Bonchev–Trinajstić information content (AvgIpc) is 2.81. The first-order valence-corrected chi connectivity index (χ1v) is 6.46. The maximum Gasteiger partial charge on any atom is 0.297 e. The summed E-state index contributed by atoms with van der Waals surface area (Å²) in [5.74, 6) is 0.630. The van der Waals surface area contributed by atoms with Gasteiger partial charge >= 0.3 is 0 Å². The van der Waals surface area contributed by atoms with Crippen LogP contribution >= 0.6 is 0 Å². The molecule has 102 valence electrons. The smallest absolute Gasteiger partial charge is 0.297 e. The Morgan fingerprint density at radius 2 is 1.95 bits per heavy atom. The minimum absolute atomic E-state index is 0.217. The molecule has 0 saturated heterocycles. The molecule has 5 heteroatoms. The van der Waals surface area contributed by atoms with Crippen LogP contribution in [0, 0.1) is 20.8 Å². The maximum absolute atomic E-state index is 12.4. The second-order valence-corrected chi connectivity index (χ2v) is 4.94. The topological polar surface area (TPSA) is 60.9 Å². The quantitative estimate of drug-likeness (QED) is 0.716. The van der Waals surface area contributed by atoms with Crippen LogP contribution in [-0.2, 0) is 6.54 Å². The standard InChI is InChI=1S/C15H15N3O2/c1-9-6-4-5-7-12(9)8-18-15(19)14-13(10(2)16-18)11(3)20-17-14/h4-7H,8H2,1-3H3. The third kappa shape index (κ3) is 1.91. The van der Waals surface area contributed by atoms with Crippen LogP contribution in [0.3, 0.4) is 0 Å². The normalized spacial score (nSPS) is 11.2. The number of aromatic nitrogens is 3. The Kier molecular flexibility index (Phi) is 2.89. The molecular formula is C15H15N3O2. The largest absolute Gasteiger partial charge is 0.360 e. The fourth-order valence-corrected chi connectivity index (χ4v) is 2.40. The van der Waals surface area contributed by atoms with Crippen molar-refractivity contribution in [1.82, 2.24) is 14.9 Å². The fourth-order valence-electron chi connectivity index (χ4n) is 2.40. The van der Waals surface area contributed by atoms with Gasteiger partial charge in [0.25, 0.3) is 5.56 Å². The Morgan fingerprint density at radius 1 is 1.20 bits per heavy atom. The van der Waals surface area contributed by atoms with Gasteiger partial charge in [0.15, 0.2) is 5.52 Å². The van der Waals surface area contributed by atoms with E-state index in [0.717, 1.165) is 22.2 Å². The SMILES string of the molecule is Cc1ccccc1Cn1nc(C)c2c(C)onc2c1=O. The number of hydrogen-bond acceptors (Lipinski definition) is 4. The molecule has 20 heavy (non-hydrogen) atoms. The van der Waals surface area contributed by atoms with E-state index in [9.17, 15) is 4.79 Å². The Labute approximate surface area is 115 Å². The molecule has 0 aliphatic carbocycles. The number of fused-ring (bicyclic) bond motifs is 1. The molecule has 0 atom stereocenters. The van der Waals surface area contributed by atoms with Crippen LogP contribution in [0.25, 0.3) is 10.9 Å². The van der Waals surface area contributed by atoms with Gasteiger partial charge in [-0.2, -0.15) is 5.10 Å². The first-order chi connectivity index (χ1) is 9.58. The molecule has 0 N–H and O–H groups in total. The highest BCUT2D eigenvalue weighted by molar-refractivity contribution is 5.81. The predicted octanol–water partition coefficient (Wildman–Crippen LogP) is 2.36. The summed E-state index contributed by atoms with van der Waals surface area (Å²) in [5, 5.41) is 8.95. The first kappa shape index (κ1) is 12.6. The van der Waals surface area contributed by atoms with E-state index in [4.69, 9.17) is 4.52 Å². The Balaban J connectivity index is 2.16. The number of aryl methyl sites for hydroxylation is 3. The van der Waals surface area contributed by atoms with Gasteiger partial charge < -0.3 is 4.52 Å². The van der Waals surface area contributed by atoms with Gasteiger partial charge in [-0.15, -0.1) is 0 Å². The molecule has 5 nitrogen and oxygen atoms in total. The molecule has 3 aromatic rings. The van der Waals surface area contributed by atoms with E-state index in [1.165, 1.54) is 4.68 Å². The average molecular weight is 269 g/mol. The van der Waals surface area contributed by atoms with Crippen LogP contribution in [0.1, 0.15) is 22.6 Å². The molecule has 0 bridgehead atoms. The summed E-state index contributed by atoms with van der Waals surface area (Å²) >= 11 is 0. The molecule has 0 spiro atoms. The second-order valence-electron chi connectivity index (χ2n) is 4.94. The van der Waals surface area contributed by atoms with E-state index in [1.54, 1.807) is 6.92 Å². The van der Waals surface area contributed by atoms with Gasteiger partial charge in [-0.25, -0.2) is 4.68 Å². The zero-order chi connectivity index (χ0) is 14.3. The number of benzene rings is 1. The highest BCUT2D eigenvalue weighted by Gasteiger charge is 2.15. The maximum atomic E-state index is 12.4. The van der Waals surface area contributed by atoms with Crippen molar-refractivity contribution in [3.05, 3.63) is 57.2 Å². The summed E-state index contributed by atoms with van der Waals surface area (Å²) in [6, 6.07) is 7.95. The third-order valence-corrected chi connectivity index (χ3v) is 3.51. The second kappa shape index (κ2) is 4.59. The lowest BCUT2D eigenvalue weighted by Crippen LogP contribution is -2.25. The molecular weight excluding hydrogens is 254 g/mol. The van der Waals surface area contributed by atoms with Crippen LogP contribution in [0.4, 0.5) is 0 Å². The van der Waals surface area contributed by atoms with Crippen LogP contribution in [0.15, 0.2) is 33.6 Å². The van der Waals surface area contributed by atoms with E-state index in [1.807, 2.05) is 38.1 Å². The van der Waals surface area contributed by atoms with Gasteiger partial charge in [-0.3, -0.25) is 4.79 Å². The predicted molar refractivity (Wildman–Crippen MR) is 75.8 cm³/mol. The van der Waals surface area contributed by atoms with Gasteiger partial charge in [0, 0.05) is 0 Å². The summed E-state index contributed by atoms with van der Waals surface area (Å²) in [6.07, 6.45) is 0. The van der Waals surface area contributed by atoms with Crippen molar-refractivity contribution in [3.8, 4) is 0 Å². The minimum Gasteiger partial charge on any atom is -0.360 e. The minimum atomic E-state index is -0.217. The molecule has 0 fully saturated rings. The summed E-state index contributed by atoms with van der Waals surface area (Å²) in [6.45, 7) is 6.11. The van der Waals surface area contributed by atoms with Crippen molar-refractivity contribution in [3.63, 3.8) is 0 Å². The van der Waals surface area contributed by atoms with E-state index in [2.05, 4.69) is 10.3 Å². The molecule has 0 radical (unpaired) electrons. The van der Waals surface area contributed by atoms with E-state index < -0.39 is 0 Å². The fraction of sp³-hybridized carbons (Fsp3) is 0.267. The monoisotopic (exact) mass is 269 g/mol. The highest BCUT2D eigenvalue weighted by Crippen LogP contribution is 2.17. The van der Waals surface area contributed by atoms with Crippen molar-refractivity contribution in [1.29, 1.82) is 0 Å². The Morgan fingerprint density at radius 3 is 2.70 bits per heavy atom. The van der Waals surface area contributed by atoms with Crippen molar-refractivity contribution in [2.75, 3.05) is 0 Å². The summed E-state index contributed by atoms with van der Waals surface area (Å²) in [5.41, 5.74) is 3.09. The lowest BCUT2D eigenvalue weighted by atomic mass is 10.1. The van der Waals surface area contributed by atoms with E-state index in [0.29, 0.717) is 17.8 Å².